The zero-order valence-corrected chi connectivity index (χ0v) is 47.9. The highest BCUT2D eigenvalue weighted by molar-refractivity contribution is 7.22. The molecule has 0 fully saturated rings. The number of thiophene rings is 2. The lowest BCUT2D eigenvalue weighted by atomic mass is 9.91. The topological polar surface area (TPSA) is 127 Å². The van der Waals surface area contributed by atoms with Crippen molar-refractivity contribution in [2.75, 3.05) is 0 Å². The molecule has 0 saturated carbocycles. The number of carbonyl (C=O) groups excluding carboxylic acids is 2. The van der Waals surface area contributed by atoms with Crippen molar-refractivity contribution in [1.82, 2.24) is 0 Å². The van der Waals surface area contributed by atoms with Gasteiger partial charge in [-0.05, 0) is 62.5 Å². The quantitative estimate of drug-likeness (QED) is 0.0325. The molecule has 1 aromatic carbocycles. The second-order valence-electron chi connectivity index (χ2n) is 21.2. The molecule has 0 aliphatic carbocycles. The Hall–Kier alpha value is -2.98. The maximum Gasteiger partial charge on any atom is 0.513 e. The number of carboxylic acid groups (broad SMARTS) is 2. The molecule has 0 atom stereocenters. The Bertz CT molecular complexity index is 1810. The van der Waals surface area contributed by atoms with Crippen molar-refractivity contribution in [2.45, 2.75) is 310 Å². The van der Waals surface area contributed by atoms with Crippen molar-refractivity contribution in [3.8, 4) is 0 Å². The predicted octanol–water partition coefficient (Wildman–Crippen LogP) is 21.6. The molecule has 3 aromatic rings. The standard InChI is InChI=1S/C62H102O8S2/c1-5-9-13-17-21-25-29-33-37-41-45-49-51(47-43-39-35-31-27-23-19-15-11-7-3)71-57-53(49)55(59(63)69-61(65)66)58-54(56(57)60(64)70-62(67)68)50(46-42-38-34-30-26-22-18-14-10-6-2)52(72-58)48-44-40-36-32-28-24-20-16-12-8-4/h5-48H2,1-4H3,(H,65,66)(H,67,68). The molecule has 3 rings (SSSR count). The monoisotopic (exact) mass is 1040 g/mol. The van der Waals surface area contributed by atoms with Crippen LogP contribution in [0.15, 0.2) is 0 Å². The Labute approximate surface area is 446 Å². The third-order valence-corrected chi connectivity index (χ3v) is 17.6. The molecule has 0 radical (unpaired) electrons. The van der Waals surface area contributed by atoms with E-state index in [0.717, 1.165) is 111 Å². The van der Waals surface area contributed by atoms with Crippen molar-refractivity contribution in [1.29, 1.82) is 0 Å². The van der Waals surface area contributed by atoms with Gasteiger partial charge in [-0.2, -0.15) is 0 Å². The molecule has 0 aliphatic heterocycles. The zero-order chi connectivity index (χ0) is 52.0. The summed E-state index contributed by atoms with van der Waals surface area (Å²) in [5.74, 6) is -1.86. The molecule has 0 amide bonds. The van der Waals surface area contributed by atoms with Crippen LogP contribution >= 0.6 is 22.7 Å². The third kappa shape index (κ3) is 24.6. The van der Waals surface area contributed by atoms with E-state index in [1.807, 2.05) is 0 Å². The Morgan fingerprint density at radius 1 is 0.319 bits per heavy atom. The largest absolute Gasteiger partial charge is 0.513 e. The molecule has 8 nitrogen and oxygen atoms in total. The van der Waals surface area contributed by atoms with Gasteiger partial charge < -0.3 is 19.7 Å². The van der Waals surface area contributed by atoms with Gasteiger partial charge in [-0.25, -0.2) is 19.2 Å². The first kappa shape index (κ1) is 63.3. The molecule has 0 bridgehead atoms. The lowest BCUT2D eigenvalue weighted by molar-refractivity contribution is 0.0492. The van der Waals surface area contributed by atoms with Crippen LogP contribution < -0.4 is 0 Å². The molecule has 0 unspecified atom stereocenters. The van der Waals surface area contributed by atoms with Gasteiger partial charge in [-0.3, -0.25) is 0 Å². The maximum atomic E-state index is 14.5. The van der Waals surface area contributed by atoms with Crippen molar-refractivity contribution < 1.29 is 38.9 Å². The molecule has 2 aromatic heterocycles. The highest BCUT2D eigenvalue weighted by Gasteiger charge is 2.34. The van der Waals surface area contributed by atoms with Crippen molar-refractivity contribution >= 4 is 67.1 Å². The van der Waals surface area contributed by atoms with E-state index in [9.17, 15) is 29.4 Å². The Balaban J connectivity index is 2.11. The minimum atomic E-state index is -1.67. The van der Waals surface area contributed by atoms with E-state index >= 15 is 0 Å². The summed E-state index contributed by atoms with van der Waals surface area (Å²) in [7, 11) is 0. The van der Waals surface area contributed by atoms with Crippen LogP contribution in [-0.4, -0.2) is 34.5 Å². The van der Waals surface area contributed by atoms with Crippen molar-refractivity contribution in [3.63, 3.8) is 0 Å². The smallest absolute Gasteiger partial charge is 0.449 e. The van der Waals surface area contributed by atoms with Gasteiger partial charge in [-0.1, -0.05) is 259 Å². The van der Waals surface area contributed by atoms with Crippen LogP contribution in [0.5, 0.6) is 0 Å². The van der Waals surface area contributed by atoms with Crippen molar-refractivity contribution in [3.05, 3.63) is 32.0 Å². The van der Waals surface area contributed by atoms with Gasteiger partial charge in [0.2, 0.25) is 0 Å². The van der Waals surface area contributed by atoms with E-state index in [4.69, 9.17) is 9.47 Å². The molecule has 0 saturated heterocycles. The van der Waals surface area contributed by atoms with E-state index in [-0.39, 0.29) is 11.1 Å². The summed E-state index contributed by atoms with van der Waals surface area (Å²) in [6.45, 7) is 9.00. The van der Waals surface area contributed by atoms with Crippen LogP contribution in [0.3, 0.4) is 0 Å². The SMILES string of the molecule is CCCCCCCCCCCCc1sc2c(C(=O)OC(=O)O)c3c(CCCCCCCCCCCC)c(CCCCCCCCCCCC)sc3c(C(=O)OC(=O)O)c2c1CCCCCCCCCCCC. The summed E-state index contributed by atoms with van der Waals surface area (Å²) in [6.07, 6.45) is 47.5. The van der Waals surface area contributed by atoms with Gasteiger partial charge >= 0.3 is 24.2 Å². The molecule has 0 spiro atoms. The average Bonchev–Trinajstić information content (AvgIpc) is 3.89. The molecule has 410 valence electrons. The first-order valence-corrected chi connectivity index (χ1v) is 31.8. The number of fused-ring (bicyclic) bond motifs is 2. The molecule has 2 heterocycles. The number of hydrogen-bond acceptors (Lipinski definition) is 8. The highest BCUT2D eigenvalue weighted by atomic mass is 32.1. The number of hydrogen-bond donors (Lipinski definition) is 2. The molecule has 10 heteroatoms. The maximum absolute atomic E-state index is 14.5. The van der Waals surface area contributed by atoms with E-state index in [1.165, 1.54) is 202 Å². The van der Waals surface area contributed by atoms with E-state index in [0.29, 0.717) is 33.0 Å². The summed E-state index contributed by atoms with van der Waals surface area (Å²) in [5, 5.41) is 21.1. The third-order valence-electron chi connectivity index (χ3n) is 15.0. The predicted molar refractivity (Wildman–Crippen MR) is 306 cm³/mol. The Kier molecular flexibility index (Phi) is 35.5. The average molecular weight is 1040 g/mol. The van der Waals surface area contributed by atoms with Crippen LogP contribution in [0.4, 0.5) is 9.59 Å². The normalized spacial score (nSPS) is 11.6. The first-order valence-electron chi connectivity index (χ1n) is 30.1. The number of ether oxygens (including phenoxy) is 2. The summed E-state index contributed by atoms with van der Waals surface area (Å²) in [5.41, 5.74) is 2.39. The highest BCUT2D eigenvalue weighted by Crippen LogP contribution is 2.48. The molecule has 2 N–H and O–H groups in total. The van der Waals surface area contributed by atoms with Gasteiger partial charge in [-0.15, -0.1) is 22.7 Å². The summed E-state index contributed by atoms with van der Waals surface area (Å²) in [4.78, 5) is 55.7. The summed E-state index contributed by atoms with van der Waals surface area (Å²) >= 11 is 2.97. The van der Waals surface area contributed by atoms with E-state index in [2.05, 4.69) is 27.7 Å². The Morgan fingerprint density at radius 3 is 0.750 bits per heavy atom. The van der Waals surface area contributed by atoms with Gasteiger partial charge in [0.1, 0.15) is 0 Å². The molecule has 0 aliphatic rings. The number of benzene rings is 1. The van der Waals surface area contributed by atoms with Crippen molar-refractivity contribution in [2.24, 2.45) is 0 Å². The second-order valence-corrected chi connectivity index (χ2v) is 23.4. The fraction of sp³-hybridized carbons (Fsp3) is 0.774. The van der Waals surface area contributed by atoms with Crippen LogP contribution in [0.1, 0.15) is 326 Å². The van der Waals surface area contributed by atoms with Crippen LogP contribution in [-0.2, 0) is 35.2 Å². The lowest BCUT2D eigenvalue weighted by Crippen LogP contribution is -2.14. The van der Waals surface area contributed by atoms with E-state index < -0.39 is 24.2 Å². The summed E-state index contributed by atoms with van der Waals surface area (Å²) < 4.78 is 11.3. The fourth-order valence-corrected chi connectivity index (χ4v) is 13.7. The molecule has 72 heavy (non-hydrogen) atoms. The van der Waals surface area contributed by atoms with E-state index in [1.54, 1.807) is 0 Å². The van der Waals surface area contributed by atoms with Crippen LogP contribution in [0, 0.1) is 0 Å². The number of rotatable bonds is 46. The minimum Gasteiger partial charge on any atom is -0.449 e. The van der Waals surface area contributed by atoms with Gasteiger partial charge in [0, 0.05) is 20.5 Å². The Morgan fingerprint density at radius 2 is 0.528 bits per heavy atom. The fourth-order valence-electron chi connectivity index (χ4n) is 10.8. The zero-order valence-electron chi connectivity index (χ0n) is 46.3. The molecular weight excluding hydrogens is 937 g/mol. The number of esters is 2. The van der Waals surface area contributed by atoms with Gasteiger partial charge in [0.25, 0.3) is 0 Å². The molecular formula is C62H102O8S2. The van der Waals surface area contributed by atoms with Gasteiger partial charge in [0.15, 0.2) is 0 Å². The van der Waals surface area contributed by atoms with Gasteiger partial charge in [0.05, 0.1) is 20.5 Å². The second kappa shape index (κ2) is 40.3. The first-order chi connectivity index (χ1) is 35.2. The minimum absolute atomic E-state index is 0.213. The number of carbonyl (C=O) groups is 4. The lowest BCUT2D eigenvalue weighted by Gasteiger charge is -2.13. The van der Waals surface area contributed by atoms with Crippen LogP contribution in [0.25, 0.3) is 20.2 Å². The number of unbranched alkanes of at least 4 members (excludes halogenated alkanes) is 36. The number of aryl methyl sites for hydroxylation is 4. The summed E-state index contributed by atoms with van der Waals surface area (Å²) in [6, 6.07) is 0. The van der Waals surface area contributed by atoms with Crippen LogP contribution in [0.2, 0.25) is 0 Å².